The van der Waals surface area contributed by atoms with Crippen LogP contribution in [0.15, 0.2) is 24.3 Å². The van der Waals surface area contributed by atoms with Gasteiger partial charge in [0.25, 0.3) is 0 Å². The van der Waals surface area contributed by atoms with Crippen LogP contribution in [0.1, 0.15) is 25.3 Å². The maximum atomic E-state index is 11.8. The summed E-state index contributed by atoms with van der Waals surface area (Å²) in [6, 6.07) is 8.40. The molecule has 1 aromatic carbocycles. The number of nitrogens with two attached hydrogens (primary N) is 2. The molecule has 0 saturated heterocycles. The van der Waals surface area contributed by atoms with Crippen LogP contribution in [0.5, 0.6) is 0 Å². The second kappa shape index (κ2) is 4.77. The van der Waals surface area contributed by atoms with Crippen LogP contribution in [0.4, 0.5) is 5.69 Å². The van der Waals surface area contributed by atoms with Gasteiger partial charge in [-0.15, -0.1) is 0 Å². The summed E-state index contributed by atoms with van der Waals surface area (Å²) in [6.45, 7) is 3.72. The molecule has 1 saturated carbocycles. The van der Waals surface area contributed by atoms with E-state index >= 15 is 0 Å². The zero-order valence-corrected chi connectivity index (χ0v) is 12.0. The average Bonchev–Trinajstić information content (AvgIpc) is 3.22. The third-order valence-electron chi connectivity index (χ3n) is 4.65. The molecule has 1 aromatic rings. The van der Waals surface area contributed by atoms with E-state index in [-0.39, 0.29) is 11.8 Å². The number of carbonyl (C=O) groups is 1. The SMILES string of the molecule is CC1Cc2ccccc2N(CC(N)(C(N)=O)C2CC2)C1. The van der Waals surface area contributed by atoms with Crippen molar-refractivity contribution in [2.45, 2.75) is 31.7 Å². The van der Waals surface area contributed by atoms with Crippen LogP contribution in [-0.2, 0) is 11.2 Å². The number of anilines is 1. The van der Waals surface area contributed by atoms with Gasteiger partial charge in [0.1, 0.15) is 5.54 Å². The number of carbonyl (C=O) groups excluding carboxylic acids is 1. The summed E-state index contributed by atoms with van der Waals surface area (Å²) in [5, 5.41) is 0. The third kappa shape index (κ3) is 2.29. The highest BCUT2D eigenvalue weighted by Gasteiger charge is 2.48. The number of amides is 1. The number of nitrogens with zero attached hydrogens (tertiary/aromatic N) is 1. The molecule has 0 bridgehead atoms. The van der Waals surface area contributed by atoms with Gasteiger partial charge >= 0.3 is 0 Å². The molecule has 1 aliphatic heterocycles. The lowest BCUT2D eigenvalue weighted by molar-refractivity contribution is -0.123. The number of hydrogen-bond acceptors (Lipinski definition) is 3. The van der Waals surface area contributed by atoms with Gasteiger partial charge in [0, 0.05) is 18.8 Å². The van der Waals surface area contributed by atoms with Crippen LogP contribution in [0.25, 0.3) is 0 Å². The summed E-state index contributed by atoms with van der Waals surface area (Å²) < 4.78 is 0. The van der Waals surface area contributed by atoms with Crippen molar-refractivity contribution >= 4 is 11.6 Å². The fraction of sp³-hybridized carbons (Fsp3) is 0.562. The van der Waals surface area contributed by atoms with Gasteiger partial charge in [-0.2, -0.15) is 0 Å². The van der Waals surface area contributed by atoms with Crippen molar-refractivity contribution < 1.29 is 4.79 Å². The molecule has 0 aromatic heterocycles. The lowest BCUT2D eigenvalue weighted by Crippen LogP contribution is -2.61. The highest BCUT2D eigenvalue weighted by atomic mass is 16.1. The minimum atomic E-state index is -0.885. The van der Waals surface area contributed by atoms with Gasteiger partial charge < -0.3 is 16.4 Å². The van der Waals surface area contributed by atoms with Crippen LogP contribution >= 0.6 is 0 Å². The van der Waals surface area contributed by atoms with Crippen molar-refractivity contribution in [3.05, 3.63) is 29.8 Å². The highest BCUT2D eigenvalue weighted by Crippen LogP contribution is 2.40. The molecular formula is C16H23N3O. The number of fused-ring (bicyclic) bond motifs is 1. The van der Waals surface area contributed by atoms with Crippen LogP contribution < -0.4 is 16.4 Å². The van der Waals surface area contributed by atoms with Crippen molar-refractivity contribution in [1.29, 1.82) is 0 Å². The van der Waals surface area contributed by atoms with E-state index in [9.17, 15) is 4.79 Å². The van der Waals surface area contributed by atoms with Gasteiger partial charge in [0.15, 0.2) is 0 Å². The summed E-state index contributed by atoms with van der Waals surface area (Å²) in [5.41, 5.74) is 13.6. The second-order valence-corrected chi connectivity index (χ2v) is 6.50. The Morgan fingerprint density at radius 2 is 2.10 bits per heavy atom. The molecule has 108 valence electrons. The first-order chi connectivity index (χ1) is 9.50. The van der Waals surface area contributed by atoms with Crippen molar-refractivity contribution in [3.63, 3.8) is 0 Å². The lowest BCUT2D eigenvalue weighted by atomic mass is 9.88. The van der Waals surface area contributed by atoms with Crippen LogP contribution in [0.2, 0.25) is 0 Å². The molecule has 0 radical (unpaired) electrons. The Kier molecular flexibility index (Phi) is 3.21. The Balaban J connectivity index is 1.88. The van der Waals surface area contributed by atoms with E-state index < -0.39 is 5.54 Å². The smallest absolute Gasteiger partial charge is 0.239 e. The molecule has 1 amide bonds. The molecule has 1 fully saturated rings. The highest BCUT2D eigenvalue weighted by molar-refractivity contribution is 5.86. The number of para-hydroxylation sites is 1. The molecule has 3 rings (SSSR count). The second-order valence-electron chi connectivity index (χ2n) is 6.50. The predicted molar refractivity (Wildman–Crippen MR) is 80.4 cm³/mol. The number of primary amides is 1. The summed E-state index contributed by atoms with van der Waals surface area (Å²) in [5.74, 6) is 0.460. The van der Waals surface area contributed by atoms with Gasteiger partial charge in [-0.1, -0.05) is 25.1 Å². The zero-order valence-electron chi connectivity index (χ0n) is 12.0. The van der Waals surface area contributed by atoms with Crippen molar-refractivity contribution in [3.8, 4) is 0 Å². The molecule has 1 heterocycles. The normalized spacial score (nSPS) is 24.9. The largest absolute Gasteiger partial charge is 0.369 e. The van der Waals surface area contributed by atoms with E-state index in [1.54, 1.807) is 0 Å². The summed E-state index contributed by atoms with van der Waals surface area (Å²) >= 11 is 0. The van der Waals surface area contributed by atoms with Crippen molar-refractivity contribution in [1.82, 2.24) is 0 Å². The summed E-state index contributed by atoms with van der Waals surface area (Å²) in [4.78, 5) is 14.1. The molecule has 4 nitrogen and oxygen atoms in total. The summed E-state index contributed by atoms with van der Waals surface area (Å²) in [6.07, 6.45) is 3.12. The molecule has 2 aliphatic rings. The van der Waals surface area contributed by atoms with E-state index in [0.29, 0.717) is 12.5 Å². The first-order valence-corrected chi connectivity index (χ1v) is 7.42. The Morgan fingerprint density at radius 1 is 1.40 bits per heavy atom. The van der Waals surface area contributed by atoms with Gasteiger partial charge in [-0.25, -0.2) is 0 Å². The first kappa shape index (κ1) is 13.4. The van der Waals surface area contributed by atoms with Crippen LogP contribution in [0, 0.1) is 11.8 Å². The van der Waals surface area contributed by atoms with E-state index in [0.717, 1.165) is 25.8 Å². The molecule has 4 N–H and O–H groups in total. The van der Waals surface area contributed by atoms with E-state index in [1.807, 2.05) is 6.07 Å². The van der Waals surface area contributed by atoms with Gasteiger partial charge in [-0.05, 0) is 42.7 Å². The molecule has 1 aliphatic carbocycles. The van der Waals surface area contributed by atoms with Gasteiger partial charge in [0.05, 0.1) is 0 Å². The van der Waals surface area contributed by atoms with Crippen LogP contribution in [-0.4, -0.2) is 24.5 Å². The average molecular weight is 273 g/mol. The number of hydrogen-bond donors (Lipinski definition) is 2. The quantitative estimate of drug-likeness (QED) is 0.868. The van der Waals surface area contributed by atoms with E-state index in [1.165, 1.54) is 11.3 Å². The zero-order chi connectivity index (χ0) is 14.3. The number of rotatable bonds is 4. The van der Waals surface area contributed by atoms with Crippen molar-refractivity contribution in [2.75, 3.05) is 18.0 Å². The third-order valence-corrected chi connectivity index (χ3v) is 4.65. The molecule has 2 unspecified atom stereocenters. The standard InChI is InChI=1S/C16H23N3O/c1-11-8-12-4-2-3-5-14(12)19(9-11)10-16(18,15(17)20)13-6-7-13/h2-5,11,13H,6-10,18H2,1H3,(H2,17,20). The molecule has 0 spiro atoms. The fourth-order valence-corrected chi connectivity index (χ4v) is 3.38. The van der Waals surface area contributed by atoms with Crippen molar-refractivity contribution in [2.24, 2.45) is 23.3 Å². The molecule has 4 heteroatoms. The predicted octanol–water partition coefficient (Wildman–Crippen LogP) is 1.28. The minimum Gasteiger partial charge on any atom is -0.369 e. The topological polar surface area (TPSA) is 72.3 Å². The number of benzene rings is 1. The maximum absolute atomic E-state index is 11.8. The van der Waals surface area contributed by atoms with E-state index in [4.69, 9.17) is 11.5 Å². The van der Waals surface area contributed by atoms with E-state index in [2.05, 4.69) is 30.0 Å². The lowest BCUT2D eigenvalue weighted by Gasteiger charge is -2.40. The first-order valence-electron chi connectivity index (χ1n) is 7.42. The maximum Gasteiger partial charge on any atom is 0.239 e. The molecule has 20 heavy (non-hydrogen) atoms. The molecule has 2 atom stereocenters. The van der Waals surface area contributed by atoms with Gasteiger partial charge in [0.2, 0.25) is 5.91 Å². The molecular weight excluding hydrogens is 250 g/mol. The Hall–Kier alpha value is -1.55. The minimum absolute atomic E-state index is 0.254. The van der Waals surface area contributed by atoms with Crippen LogP contribution in [0.3, 0.4) is 0 Å². The monoisotopic (exact) mass is 273 g/mol. The Labute approximate surface area is 120 Å². The fourth-order valence-electron chi connectivity index (χ4n) is 3.38. The Morgan fingerprint density at radius 3 is 2.75 bits per heavy atom. The van der Waals surface area contributed by atoms with Gasteiger partial charge in [-0.3, -0.25) is 4.79 Å². The summed E-state index contributed by atoms with van der Waals surface area (Å²) in [7, 11) is 0. The Bertz CT molecular complexity index is 526.